The summed E-state index contributed by atoms with van der Waals surface area (Å²) in [6.07, 6.45) is 4.41. The number of anilines is 1. The molecule has 0 amide bonds. The van der Waals surface area contributed by atoms with Gasteiger partial charge < -0.3 is 10.5 Å². The maximum Gasteiger partial charge on any atom is 0.127 e. The van der Waals surface area contributed by atoms with Gasteiger partial charge in [0.2, 0.25) is 0 Å². The van der Waals surface area contributed by atoms with Crippen LogP contribution in [-0.4, -0.2) is 36.1 Å². The summed E-state index contributed by atoms with van der Waals surface area (Å²) in [5.41, 5.74) is 9.78. The second kappa shape index (κ2) is 6.79. The molecule has 0 aliphatic carbocycles. The zero-order chi connectivity index (χ0) is 15.4. The van der Waals surface area contributed by atoms with Gasteiger partial charge in [-0.1, -0.05) is 18.2 Å². The predicted molar refractivity (Wildman–Crippen MR) is 90.0 cm³/mol. The van der Waals surface area contributed by atoms with Crippen molar-refractivity contribution in [1.82, 2.24) is 9.88 Å². The van der Waals surface area contributed by atoms with E-state index in [9.17, 15) is 0 Å². The second-order valence-electron chi connectivity index (χ2n) is 5.75. The summed E-state index contributed by atoms with van der Waals surface area (Å²) in [4.78, 5) is 6.69. The Labute approximate surface area is 131 Å². The standard InChI is InChI=1S/C18H23N3O/c1-14-18(19)16(8-9-20-14)15-6-2-3-7-17(15)22-13-12-21-10-4-5-11-21/h2-3,6-9H,4-5,10-13,19H2,1H3. The lowest BCUT2D eigenvalue weighted by molar-refractivity contribution is 0.238. The smallest absolute Gasteiger partial charge is 0.127 e. The Morgan fingerprint density at radius 1 is 1.14 bits per heavy atom. The monoisotopic (exact) mass is 297 g/mol. The number of hydrogen-bond acceptors (Lipinski definition) is 4. The Morgan fingerprint density at radius 2 is 1.91 bits per heavy atom. The molecule has 0 radical (unpaired) electrons. The van der Waals surface area contributed by atoms with Gasteiger partial charge in [0, 0.05) is 23.9 Å². The molecule has 22 heavy (non-hydrogen) atoms. The van der Waals surface area contributed by atoms with E-state index < -0.39 is 0 Å². The van der Waals surface area contributed by atoms with Gasteiger partial charge in [-0.25, -0.2) is 0 Å². The van der Waals surface area contributed by atoms with Crippen LogP contribution in [0.15, 0.2) is 36.5 Å². The van der Waals surface area contributed by atoms with E-state index in [0.29, 0.717) is 6.61 Å². The molecule has 0 unspecified atom stereocenters. The topological polar surface area (TPSA) is 51.4 Å². The van der Waals surface area contributed by atoms with Crippen LogP contribution in [0.1, 0.15) is 18.5 Å². The van der Waals surface area contributed by atoms with Crippen molar-refractivity contribution in [2.24, 2.45) is 0 Å². The number of para-hydroxylation sites is 1. The molecular formula is C18H23N3O. The van der Waals surface area contributed by atoms with Crippen molar-refractivity contribution in [3.63, 3.8) is 0 Å². The van der Waals surface area contributed by atoms with Crippen molar-refractivity contribution in [3.8, 4) is 16.9 Å². The highest BCUT2D eigenvalue weighted by Gasteiger charge is 2.13. The van der Waals surface area contributed by atoms with Crippen molar-refractivity contribution in [2.75, 3.05) is 32.0 Å². The van der Waals surface area contributed by atoms with Crippen LogP contribution in [0.25, 0.3) is 11.1 Å². The highest BCUT2D eigenvalue weighted by molar-refractivity contribution is 5.81. The van der Waals surface area contributed by atoms with E-state index in [1.165, 1.54) is 25.9 Å². The van der Waals surface area contributed by atoms with Crippen molar-refractivity contribution in [1.29, 1.82) is 0 Å². The molecule has 1 fully saturated rings. The fourth-order valence-corrected chi connectivity index (χ4v) is 2.92. The van der Waals surface area contributed by atoms with Crippen LogP contribution in [0.3, 0.4) is 0 Å². The van der Waals surface area contributed by atoms with Gasteiger partial charge in [0.25, 0.3) is 0 Å². The molecule has 0 spiro atoms. The summed E-state index contributed by atoms with van der Waals surface area (Å²) in [5, 5.41) is 0. The molecule has 0 bridgehead atoms. The number of aryl methyl sites for hydroxylation is 1. The van der Waals surface area contributed by atoms with Crippen LogP contribution in [0, 0.1) is 6.92 Å². The van der Waals surface area contributed by atoms with Gasteiger partial charge in [0.15, 0.2) is 0 Å². The molecule has 3 rings (SSSR count). The Balaban J connectivity index is 1.76. The highest BCUT2D eigenvalue weighted by atomic mass is 16.5. The third-order valence-electron chi connectivity index (χ3n) is 4.23. The molecule has 1 aromatic heterocycles. The summed E-state index contributed by atoms with van der Waals surface area (Å²) in [6.45, 7) is 6.01. The molecular weight excluding hydrogens is 274 g/mol. The number of nitrogen functional groups attached to an aromatic ring is 1. The minimum absolute atomic E-state index is 0.709. The fourth-order valence-electron chi connectivity index (χ4n) is 2.92. The lowest BCUT2D eigenvalue weighted by Crippen LogP contribution is -2.25. The lowest BCUT2D eigenvalue weighted by atomic mass is 10.0. The van der Waals surface area contributed by atoms with Gasteiger partial charge in [-0.15, -0.1) is 0 Å². The Kier molecular flexibility index (Phi) is 4.59. The van der Waals surface area contributed by atoms with Crippen molar-refractivity contribution in [2.45, 2.75) is 19.8 Å². The normalized spacial score (nSPS) is 15.1. The second-order valence-corrected chi connectivity index (χ2v) is 5.75. The molecule has 1 saturated heterocycles. The van der Waals surface area contributed by atoms with Crippen LogP contribution < -0.4 is 10.5 Å². The van der Waals surface area contributed by atoms with Gasteiger partial charge in [-0.05, 0) is 45.0 Å². The molecule has 2 heterocycles. The molecule has 4 heteroatoms. The lowest BCUT2D eigenvalue weighted by Gasteiger charge is -2.17. The number of hydrogen-bond donors (Lipinski definition) is 1. The third-order valence-corrected chi connectivity index (χ3v) is 4.23. The first kappa shape index (κ1) is 14.9. The van der Waals surface area contributed by atoms with Crippen LogP contribution in [-0.2, 0) is 0 Å². The highest BCUT2D eigenvalue weighted by Crippen LogP contribution is 2.34. The molecule has 1 aromatic carbocycles. The van der Waals surface area contributed by atoms with Gasteiger partial charge >= 0.3 is 0 Å². The largest absolute Gasteiger partial charge is 0.492 e. The van der Waals surface area contributed by atoms with E-state index in [0.717, 1.165) is 34.8 Å². The van der Waals surface area contributed by atoms with Crippen LogP contribution >= 0.6 is 0 Å². The zero-order valence-electron chi connectivity index (χ0n) is 13.1. The SMILES string of the molecule is Cc1nccc(-c2ccccc2OCCN2CCCC2)c1N. The first-order valence-electron chi connectivity index (χ1n) is 7.91. The quantitative estimate of drug-likeness (QED) is 0.921. The van der Waals surface area contributed by atoms with E-state index in [1.807, 2.05) is 31.2 Å². The van der Waals surface area contributed by atoms with Crippen molar-refractivity contribution >= 4 is 5.69 Å². The average molecular weight is 297 g/mol. The fraction of sp³-hybridized carbons (Fsp3) is 0.389. The third kappa shape index (κ3) is 3.22. The van der Waals surface area contributed by atoms with E-state index >= 15 is 0 Å². The van der Waals surface area contributed by atoms with Crippen molar-refractivity contribution in [3.05, 3.63) is 42.2 Å². The number of rotatable bonds is 5. The van der Waals surface area contributed by atoms with Gasteiger partial charge in [-0.3, -0.25) is 9.88 Å². The molecule has 2 aromatic rings. The number of nitrogens with two attached hydrogens (primary N) is 1. The minimum Gasteiger partial charge on any atom is -0.492 e. The Bertz CT molecular complexity index is 636. The van der Waals surface area contributed by atoms with Crippen LogP contribution in [0.4, 0.5) is 5.69 Å². The number of benzene rings is 1. The first-order valence-corrected chi connectivity index (χ1v) is 7.91. The Morgan fingerprint density at radius 3 is 2.73 bits per heavy atom. The molecule has 2 N–H and O–H groups in total. The summed E-state index contributed by atoms with van der Waals surface area (Å²) >= 11 is 0. The molecule has 4 nitrogen and oxygen atoms in total. The minimum atomic E-state index is 0.709. The molecule has 116 valence electrons. The van der Waals surface area contributed by atoms with E-state index in [2.05, 4.69) is 16.0 Å². The molecule has 0 saturated carbocycles. The molecule has 1 aliphatic rings. The van der Waals surface area contributed by atoms with E-state index in [-0.39, 0.29) is 0 Å². The number of nitrogens with zero attached hydrogens (tertiary/aromatic N) is 2. The van der Waals surface area contributed by atoms with Crippen molar-refractivity contribution < 1.29 is 4.74 Å². The number of ether oxygens (including phenoxy) is 1. The number of pyridine rings is 1. The predicted octanol–water partition coefficient (Wildman–Crippen LogP) is 3.11. The summed E-state index contributed by atoms with van der Waals surface area (Å²) in [6, 6.07) is 10.0. The molecule has 0 atom stereocenters. The number of aromatic nitrogens is 1. The van der Waals surface area contributed by atoms with Gasteiger partial charge in [-0.2, -0.15) is 0 Å². The van der Waals surface area contributed by atoms with E-state index in [1.54, 1.807) is 6.20 Å². The number of likely N-dealkylation sites (tertiary alicyclic amines) is 1. The van der Waals surface area contributed by atoms with Crippen LogP contribution in [0.5, 0.6) is 5.75 Å². The average Bonchev–Trinajstić information content (AvgIpc) is 3.04. The molecule has 1 aliphatic heterocycles. The Hall–Kier alpha value is -2.07. The summed E-state index contributed by atoms with van der Waals surface area (Å²) in [7, 11) is 0. The first-order chi connectivity index (χ1) is 10.8. The maximum atomic E-state index is 6.19. The van der Waals surface area contributed by atoms with Crippen LogP contribution in [0.2, 0.25) is 0 Å². The summed E-state index contributed by atoms with van der Waals surface area (Å²) < 4.78 is 6.03. The summed E-state index contributed by atoms with van der Waals surface area (Å²) in [5.74, 6) is 0.888. The van der Waals surface area contributed by atoms with Gasteiger partial charge in [0.1, 0.15) is 12.4 Å². The zero-order valence-corrected chi connectivity index (χ0v) is 13.1. The van der Waals surface area contributed by atoms with E-state index in [4.69, 9.17) is 10.5 Å². The van der Waals surface area contributed by atoms with Gasteiger partial charge in [0.05, 0.1) is 11.4 Å². The maximum absolute atomic E-state index is 6.19.